The molecule has 3 nitrogen and oxygen atoms in total. The molecule has 1 aromatic rings. The van der Waals surface area contributed by atoms with E-state index in [0.29, 0.717) is 17.1 Å². The summed E-state index contributed by atoms with van der Waals surface area (Å²) in [5.74, 6) is 0. The van der Waals surface area contributed by atoms with Crippen LogP contribution in [-0.4, -0.2) is 33.5 Å². The number of hydrogen-bond acceptors (Lipinski definition) is 3. The molecule has 0 amide bonds. The summed E-state index contributed by atoms with van der Waals surface area (Å²) in [5, 5.41) is 0. The first-order chi connectivity index (χ1) is 10.1. The molecule has 0 spiro atoms. The Morgan fingerprint density at radius 2 is 2.14 bits per heavy atom. The van der Waals surface area contributed by atoms with E-state index < -0.39 is 0 Å². The lowest BCUT2D eigenvalue weighted by Crippen LogP contribution is -2.54. The number of thiocarbonyl (C=S) groups is 1. The predicted molar refractivity (Wildman–Crippen MR) is 98.3 cm³/mol. The second-order valence-electron chi connectivity index (χ2n) is 5.75. The van der Waals surface area contributed by atoms with Gasteiger partial charge in [-0.05, 0) is 47.1 Å². The molecule has 2 aliphatic rings. The Hall–Kier alpha value is -0.790. The summed E-state index contributed by atoms with van der Waals surface area (Å²) in [4.78, 5) is 7.39. The van der Waals surface area contributed by atoms with Crippen molar-refractivity contribution < 1.29 is 0 Å². The van der Waals surface area contributed by atoms with Gasteiger partial charge in [0.25, 0.3) is 0 Å². The van der Waals surface area contributed by atoms with Crippen LogP contribution >= 0.6 is 34.8 Å². The highest BCUT2D eigenvalue weighted by atomic mass is 127. The summed E-state index contributed by atoms with van der Waals surface area (Å²) < 4.78 is 1.12. The largest absolute Gasteiger partial charge is 0.393 e. The number of hydrogen-bond donors (Lipinski definition) is 1. The van der Waals surface area contributed by atoms with Crippen molar-refractivity contribution in [3.63, 3.8) is 0 Å². The van der Waals surface area contributed by atoms with Gasteiger partial charge in [0, 0.05) is 34.6 Å². The van der Waals surface area contributed by atoms with E-state index in [9.17, 15) is 0 Å². The number of halogens is 1. The molecule has 21 heavy (non-hydrogen) atoms. The fourth-order valence-corrected chi connectivity index (χ4v) is 4.34. The minimum Gasteiger partial charge on any atom is -0.393 e. The molecule has 0 aromatic carbocycles. The Morgan fingerprint density at radius 3 is 2.67 bits per heavy atom. The van der Waals surface area contributed by atoms with Gasteiger partial charge in [0.1, 0.15) is 0 Å². The minimum absolute atomic E-state index is 0.250. The van der Waals surface area contributed by atoms with Crippen LogP contribution < -0.4 is 5.73 Å². The standard InChI is InChI=1S/C16H18IN3S/c1-2-5-20-13-3-4-14(20)8-16(7-13,15(18)21)11-6-12(17)10-19-9-11/h2-4,6,9-10,13-14H,1,5,7-8H2,(H2,18,21)/t13-,14+,16?. The minimum atomic E-state index is -0.250. The quantitative estimate of drug-likeness (QED) is 0.470. The van der Waals surface area contributed by atoms with E-state index in [2.05, 4.69) is 57.3 Å². The van der Waals surface area contributed by atoms with E-state index >= 15 is 0 Å². The lowest BCUT2D eigenvalue weighted by Gasteiger charge is -2.46. The topological polar surface area (TPSA) is 42.1 Å². The summed E-state index contributed by atoms with van der Waals surface area (Å²) in [6.07, 6.45) is 12.2. The predicted octanol–water partition coefficient (Wildman–Crippen LogP) is 2.80. The van der Waals surface area contributed by atoms with Crippen LogP contribution in [0.5, 0.6) is 0 Å². The zero-order valence-electron chi connectivity index (χ0n) is 11.7. The molecule has 5 heteroatoms. The molecule has 3 heterocycles. The van der Waals surface area contributed by atoms with Crippen LogP contribution in [0, 0.1) is 3.57 Å². The van der Waals surface area contributed by atoms with E-state index in [1.54, 1.807) is 0 Å². The average Bonchev–Trinajstić information content (AvgIpc) is 2.71. The first kappa shape index (κ1) is 15.1. The van der Waals surface area contributed by atoms with Gasteiger partial charge in [0.2, 0.25) is 0 Å². The van der Waals surface area contributed by atoms with Gasteiger partial charge >= 0.3 is 0 Å². The van der Waals surface area contributed by atoms with Crippen molar-refractivity contribution in [2.75, 3.05) is 6.54 Å². The van der Waals surface area contributed by atoms with Gasteiger partial charge in [0.15, 0.2) is 0 Å². The van der Waals surface area contributed by atoms with Crippen LogP contribution in [0.15, 0.2) is 43.3 Å². The van der Waals surface area contributed by atoms with E-state index in [1.165, 1.54) is 0 Å². The van der Waals surface area contributed by atoms with E-state index in [1.807, 2.05) is 18.5 Å². The van der Waals surface area contributed by atoms with Gasteiger partial charge in [-0.1, -0.05) is 30.4 Å². The van der Waals surface area contributed by atoms with Crippen molar-refractivity contribution in [1.82, 2.24) is 9.88 Å². The molecule has 0 saturated carbocycles. The van der Waals surface area contributed by atoms with Gasteiger partial charge in [-0.3, -0.25) is 9.88 Å². The summed E-state index contributed by atoms with van der Waals surface area (Å²) in [7, 11) is 0. The maximum atomic E-state index is 6.19. The third kappa shape index (κ3) is 2.55. The third-order valence-corrected chi connectivity index (χ3v) is 5.57. The van der Waals surface area contributed by atoms with Crippen molar-refractivity contribution in [2.24, 2.45) is 5.73 Å². The van der Waals surface area contributed by atoms with Crippen LogP contribution in [0.4, 0.5) is 0 Å². The number of aromatic nitrogens is 1. The van der Waals surface area contributed by atoms with Crippen LogP contribution in [0.1, 0.15) is 18.4 Å². The monoisotopic (exact) mass is 411 g/mol. The molecule has 3 rings (SSSR count). The maximum absolute atomic E-state index is 6.19. The Kier molecular flexibility index (Phi) is 4.16. The second-order valence-corrected chi connectivity index (χ2v) is 7.44. The van der Waals surface area contributed by atoms with Gasteiger partial charge in [-0.15, -0.1) is 6.58 Å². The maximum Gasteiger partial charge on any atom is 0.0836 e. The summed E-state index contributed by atoms with van der Waals surface area (Å²) in [5.41, 5.74) is 7.09. The first-order valence-electron chi connectivity index (χ1n) is 7.03. The number of nitrogens with two attached hydrogens (primary N) is 1. The molecule has 110 valence electrons. The molecule has 1 unspecified atom stereocenters. The summed E-state index contributed by atoms with van der Waals surface area (Å²) in [6.45, 7) is 4.76. The number of pyridine rings is 1. The highest BCUT2D eigenvalue weighted by molar-refractivity contribution is 14.1. The molecule has 0 radical (unpaired) electrons. The van der Waals surface area contributed by atoms with Crippen molar-refractivity contribution in [3.8, 4) is 0 Å². The zero-order valence-corrected chi connectivity index (χ0v) is 14.7. The molecular weight excluding hydrogens is 393 g/mol. The van der Waals surface area contributed by atoms with Gasteiger partial charge in [-0.2, -0.15) is 0 Å². The fraction of sp³-hybridized carbons (Fsp3) is 0.375. The summed E-state index contributed by atoms with van der Waals surface area (Å²) >= 11 is 7.76. The lowest BCUT2D eigenvalue weighted by molar-refractivity contribution is 0.138. The van der Waals surface area contributed by atoms with Gasteiger partial charge in [0.05, 0.1) is 10.4 Å². The Balaban J connectivity index is 1.99. The lowest BCUT2D eigenvalue weighted by atomic mass is 9.70. The Bertz CT molecular complexity index is 597. The number of fused-ring (bicyclic) bond motifs is 2. The molecule has 1 fully saturated rings. The molecule has 2 aliphatic heterocycles. The first-order valence-corrected chi connectivity index (χ1v) is 8.51. The highest BCUT2D eigenvalue weighted by Gasteiger charge is 2.48. The molecule has 2 bridgehead atoms. The third-order valence-electron chi connectivity index (χ3n) is 4.59. The molecule has 1 saturated heterocycles. The number of rotatable bonds is 4. The van der Waals surface area contributed by atoms with Crippen LogP contribution in [-0.2, 0) is 5.41 Å². The Morgan fingerprint density at radius 1 is 1.48 bits per heavy atom. The van der Waals surface area contributed by atoms with E-state index in [0.717, 1.165) is 28.5 Å². The van der Waals surface area contributed by atoms with Crippen molar-refractivity contribution in [3.05, 3.63) is 52.4 Å². The van der Waals surface area contributed by atoms with Crippen LogP contribution in [0.2, 0.25) is 0 Å². The van der Waals surface area contributed by atoms with Crippen LogP contribution in [0.25, 0.3) is 0 Å². The van der Waals surface area contributed by atoms with Crippen molar-refractivity contribution in [1.29, 1.82) is 0 Å². The van der Waals surface area contributed by atoms with Crippen molar-refractivity contribution >= 4 is 39.8 Å². The Labute approximate surface area is 144 Å². The molecule has 1 aromatic heterocycles. The van der Waals surface area contributed by atoms with E-state index in [4.69, 9.17) is 18.0 Å². The SMILES string of the molecule is C=CCN1[C@@H]2C=C[C@H]1CC(C(N)=S)(c1cncc(I)c1)C2. The molecule has 0 aliphatic carbocycles. The number of piperidine rings is 1. The molecular formula is C16H18IN3S. The molecule has 3 atom stereocenters. The van der Waals surface area contributed by atoms with Crippen LogP contribution in [0.3, 0.4) is 0 Å². The smallest absolute Gasteiger partial charge is 0.0836 e. The highest BCUT2D eigenvalue weighted by Crippen LogP contribution is 2.44. The summed E-state index contributed by atoms with van der Waals surface area (Å²) in [6, 6.07) is 2.91. The second kappa shape index (κ2) is 5.78. The van der Waals surface area contributed by atoms with Gasteiger partial charge in [-0.25, -0.2) is 0 Å². The van der Waals surface area contributed by atoms with Crippen molar-refractivity contribution in [2.45, 2.75) is 30.3 Å². The zero-order chi connectivity index (χ0) is 15.0. The number of nitrogens with zero attached hydrogens (tertiary/aromatic N) is 2. The van der Waals surface area contributed by atoms with Gasteiger partial charge < -0.3 is 5.73 Å². The average molecular weight is 411 g/mol. The normalized spacial score (nSPS) is 31.3. The fourth-order valence-electron chi connectivity index (χ4n) is 3.56. The molecule has 2 N–H and O–H groups in total. The van der Waals surface area contributed by atoms with E-state index in [-0.39, 0.29) is 5.41 Å².